The Morgan fingerprint density at radius 2 is 2.24 bits per heavy atom. The lowest BCUT2D eigenvalue weighted by Gasteiger charge is -2.27. The van der Waals surface area contributed by atoms with Crippen molar-refractivity contribution in [3.8, 4) is 6.07 Å². The van der Waals surface area contributed by atoms with Gasteiger partial charge in [0.25, 0.3) is 0 Å². The van der Waals surface area contributed by atoms with E-state index in [2.05, 4.69) is 30.0 Å². The van der Waals surface area contributed by atoms with E-state index < -0.39 is 5.54 Å². The standard InChI is InChI=1S/C13H26N4/c1-13(15,11-14)7-5-9-17-8-4-6-12(17)10-16(2)3/h12H,4-10,15H2,1-3H3. The summed E-state index contributed by atoms with van der Waals surface area (Å²) >= 11 is 0. The maximum absolute atomic E-state index is 8.86. The number of hydrogen-bond donors (Lipinski definition) is 1. The molecule has 4 heteroatoms. The molecule has 0 bridgehead atoms. The molecule has 1 fully saturated rings. The van der Waals surface area contributed by atoms with Crippen molar-refractivity contribution in [2.24, 2.45) is 5.73 Å². The monoisotopic (exact) mass is 238 g/mol. The Morgan fingerprint density at radius 3 is 2.82 bits per heavy atom. The van der Waals surface area contributed by atoms with E-state index in [0.717, 1.165) is 25.9 Å². The molecule has 1 rings (SSSR count). The van der Waals surface area contributed by atoms with Crippen LogP contribution in [0.15, 0.2) is 0 Å². The Labute approximate surface area is 105 Å². The second kappa shape index (κ2) is 6.34. The fraction of sp³-hybridized carbons (Fsp3) is 0.923. The smallest absolute Gasteiger partial charge is 0.101 e. The van der Waals surface area contributed by atoms with Gasteiger partial charge in [-0.15, -0.1) is 0 Å². The minimum absolute atomic E-state index is 0.656. The van der Waals surface area contributed by atoms with Crippen LogP contribution in [0.3, 0.4) is 0 Å². The van der Waals surface area contributed by atoms with Crippen molar-refractivity contribution in [1.29, 1.82) is 5.26 Å². The Balaban J connectivity index is 2.29. The first-order chi connectivity index (χ1) is 7.94. The normalized spacial score (nSPS) is 24.8. The Bertz CT molecular complexity index is 267. The predicted octanol–water partition coefficient (Wildman–Crippen LogP) is 1.03. The highest BCUT2D eigenvalue weighted by Gasteiger charge is 2.25. The van der Waals surface area contributed by atoms with Crippen molar-refractivity contribution in [2.75, 3.05) is 33.7 Å². The molecule has 2 N–H and O–H groups in total. The molecule has 4 nitrogen and oxygen atoms in total. The van der Waals surface area contributed by atoms with Gasteiger partial charge in [-0.2, -0.15) is 5.26 Å². The van der Waals surface area contributed by atoms with E-state index in [1.807, 2.05) is 6.92 Å². The van der Waals surface area contributed by atoms with Crippen LogP contribution in [-0.2, 0) is 0 Å². The van der Waals surface area contributed by atoms with Gasteiger partial charge in [0.1, 0.15) is 5.54 Å². The van der Waals surface area contributed by atoms with Crippen LogP contribution in [0.5, 0.6) is 0 Å². The number of nitriles is 1. The van der Waals surface area contributed by atoms with E-state index in [9.17, 15) is 0 Å². The van der Waals surface area contributed by atoms with Crippen LogP contribution < -0.4 is 5.73 Å². The largest absolute Gasteiger partial charge is 0.314 e. The van der Waals surface area contributed by atoms with Crippen LogP contribution in [0.1, 0.15) is 32.6 Å². The molecule has 0 aromatic carbocycles. The molecule has 1 aliphatic rings. The van der Waals surface area contributed by atoms with Gasteiger partial charge in [-0.25, -0.2) is 0 Å². The summed E-state index contributed by atoms with van der Waals surface area (Å²) in [6.45, 7) is 5.23. The van der Waals surface area contributed by atoms with Gasteiger partial charge in [0.2, 0.25) is 0 Å². The summed E-state index contributed by atoms with van der Waals surface area (Å²) in [5.74, 6) is 0. The fourth-order valence-electron chi connectivity index (χ4n) is 2.52. The quantitative estimate of drug-likeness (QED) is 0.751. The average Bonchev–Trinajstić information content (AvgIpc) is 2.65. The molecule has 2 atom stereocenters. The summed E-state index contributed by atoms with van der Waals surface area (Å²) in [5, 5.41) is 8.86. The van der Waals surface area contributed by atoms with Crippen molar-refractivity contribution in [1.82, 2.24) is 9.80 Å². The minimum Gasteiger partial charge on any atom is -0.314 e. The number of nitrogens with zero attached hydrogens (tertiary/aromatic N) is 3. The molecular weight excluding hydrogens is 212 g/mol. The van der Waals surface area contributed by atoms with E-state index in [1.54, 1.807) is 0 Å². The highest BCUT2D eigenvalue weighted by atomic mass is 15.2. The molecule has 0 aliphatic carbocycles. The van der Waals surface area contributed by atoms with E-state index in [1.165, 1.54) is 19.4 Å². The van der Waals surface area contributed by atoms with Crippen LogP contribution >= 0.6 is 0 Å². The number of nitrogens with two attached hydrogens (primary N) is 1. The van der Waals surface area contributed by atoms with E-state index in [4.69, 9.17) is 11.0 Å². The van der Waals surface area contributed by atoms with Crippen molar-refractivity contribution in [3.63, 3.8) is 0 Å². The molecule has 0 radical (unpaired) electrons. The van der Waals surface area contributed by atoms with Gasteiger partial charge in [-0.1, -0.05) is 0 Å². The summed E-state index contributed by atoms with van der Waals surface area (Å²) in [4.78, 5) is 4.80. The maximum Gasteiger partial charge on any atom is 0.101 e. The van der Waals surface area contributed by atoms with E-state index >= 15 is 0 Å². The Kier molecular flexibility index (Phi) is 5.38. The molecule has 1 aliphatic heterocycles. The number of likely N-dealkylation sites (tertiary alicyclic amines) is 1. The molecule has 0 saturated carbocycles. The molecule has 17 heavy (non-hydrogen) atoms. The summed E-state index contributed by atoms with van der Waals surface area (Å²) in [6.07, 6.45) is 4.41. The van der Waals surface area contributed by atoms with Gasteiger partial charge in [-0.3, -0.25) is 4.90 Å². The molecule has 98 valence electrons. The second-order valence-corrected chi connectivity index (χ2v) is 5.73. The Morgan fingerprint density at radius 1 is 1.53 bits per heavy atom. The SMILES string of the molecule is CN(C)CC1CCCN1CCCC(C)(N)C#N. The van der Waals surface area contributed by atoms with Crippen LogP contribution in [-0.4, -0.2) is 55.1 Å². The summed E-state index contributed by atoms with van der Waals surface area (Å²) in [6, 6.07) is 2.85. The zero-order valence-electron chi connectivity index (χ0n) is 11.4. The molecule has 0 amide bonds. The summed E-state index contributed by atoms with van der Waals surface area (Å²) in [5.41, 5.74) is 5.17. The predicted molar refractivity (Wildman–Crippen MR) is 70.6 cm³/mol. The van der Waals surface area contributed by atoms with Crippen molar-refractivity contribution < 1.29 is 0 Å². The number of likely N-dealkylation sites (N-methyl/N-ethyl adjacent to an activating group) is 1. The maximum atomic E-state index is 8.86. The highest BCUT2D eigenvalue weighted by Crippen LogP contribution is 2.19. The topological polar surface area (TPSA) is 56.3 Å². The number of rotatable bonds is 6. The lowest BCUT2D eigenvalue weighted by atomic mass is 9.99. The zero-order chi connectivity index (χ0) is 12.9. The van der Waals surface area contributed by atoms with E-state index in [-0.39, 0.29) is 0 Å². The molecular formula is C13H26N4. The van der Waals surface area contributed by atoms with Gasteiger partial charge < -0.3 is 10.6 Å². The fourth-order valence-corrected chi connectivity index (χ4v) is 2.52. The van der Waals surface area contributed by atoms with E-state index in [0.29, 0.717) is 6.04 Å². The minimum atomic E-state index is -0.656. The van der Waals surface area contributed by atoms with Crippen molar-refractivity contribution in [2.45, 2.75) is 44.2 Å². The summed E-state index contributed by atoms with van der Waals surface area (Å²) < 4.78 is 0. The van der Waals surface area contributed by atoms with Crippen molar-refractivity contribution >= 4 is 0 Å². The lowest BCUT2D eigenvalue weighted by Crippen LogP contribution is -2.39. The van der Waals surface area contributed by atoms with Gasteiger partial charge in [0.15, 0.2) is 0 Å². The Hall–Kier alpha value is -0.630. The van der Waals surface area contributed by atoms with Gasteiger partial charge in [0.05, 0.1) is 6.07 Å². The molecule has 1 saturated heterocycles. The third-order valence-electron chi connectivity index (χ3n) is 3.47. The van der Waals surface area contributed by atoms with Crippen LogP contribution in [0.2, 0.25) is 0 Å². The van der Waals surface area contributed by atoms with Crippen LogP contribution in [0.25, 0.3) is 0 Å². The van der Waals surface area contributed by atoms with Crippen molar-refractivity contribution in [3.05, 3.63) is 0 Å². The first kappa shape index (κ1) is 14.4. The molecule has 1 heterocycles. The van der Waals surface area contributed by atoms with Gasteiger partial charge in [-0.05, 0) is 59.8 Å². The molecule has 2 unspecified atom stereocenters. The average molecular weight is 238 g/mol. The molecule has 0 spiro atoms. The summed E-state index contributed by atoms with van der Waals surface area (Å²) in [7, 11) is 4.26. The number of hydrogen-bond acceptors (Lipinski definition) is 4. The van der Waals surface area contributed by atoms with Crippen LogP contribution in [0, 0.1) is 11.3 Å². The first-order valence-corrected chi connectivity index (χ1v) is 6.53. The molecule has 0 aromatic rings. The van der Waals surface area contributed by atoms with Gasteiger partial charge in [0, 0.05) is 12.6 Å². The lowest BCUT2D eigenvalue weighted by molar-refractivity contribution is 0.202. The first-order valence-electron chi connectivity index (χ1n) is 6.53. The van der Waals surface area contributed by atoms with Crippen LogP contribution in [0.4, 0.5) is 0 Å². The third-order valence-corrected chi connectivity index (χ3v) is 3.47. The highest BCUT2D eigenvalue weighted by molar-refractivity contribution is 5.00. The second-order valence-electron chi connectivity index (χ2n) is 5.73. The van der Waals surface area contributed by atoms with Gasteiger partial charge >= 0.3 is 0 Å². The third kappa shape index (κ3) is 5.03. The zero-order valence-corrected chi connectivity index (χ0v) is 11.4. The molecule has 0 aromatic heterocycles.